The second kappa shape index (κ2) is 8.67. The quantitative estimate of drug-likeness (QED) is 0.485. The minimum atomic E-state index is -4.23. The van der Waals surface area contributed by atoms with Gasteiger partial charge in [0.1, 0.15) is 0 Å². The number of aryl methyl sites for hydroxylation is 1. The Hall–Kier alpha value is -2.19. The summed E-state index contributed by atoms with van der Waals surface area (Å²) in [5.74, 6) is 0. The van der Waals surface area contributed by atoms with Crippen molar-refractivity contribution < 1.29 is 22.8 Å². The molecule has 2 aromatic carbocycles. The average Bonchev–Trinajstić information content (AvgIpc) is 2.56. The van der Waals surface area contributed by atoms with E-state index in [0.29, 0.717) is 5.69 Å². The first-order chi connectivity index (χ1) is 12.5. The molecule has 0 aliphatic rings. The molecule has 1 N–H and O–H groups in total. The smallest absolute Gasteiger partial charge is 0.307 e. The lowest BCUT2D eigenvalue weighted by Crippen LogP contribution is -2.33. The van der Waals surface area contributed by atoms with E-state index in [-0.39, 0.29) is 5.56 Å². The fraction of sp³-hybridized carbons (Fsp3) is 0.222. The summed E-state index contributed by atoms with van der Waals surface area (Å²) in [6.07, 6.45) is -5.18. The number of hydrogen-bond donors (Lipinski definition) is 1. The average molecular weight is 417 g/mol. The molecule has 0 spiro atoms. The van der Waals surface area contributed by atoms with E-state index in [1.807, 2.05) is 6.92 Å². The van der Waals surface area contributed by atoms with Gasteiger partial charge in [0.05, 0.1) is 6.42 Å². The molecule has 2 rings (SSSR count). The standard InChI is InChI=1S/C18H16ClF3N2O2S/c1-11-9-13(23-17(26)24(2)16(19)25)5-8-15(11)27-14-6-3-12(4-7-14)10-18(20,21)22/h3-9H,10H2,1-2H3,(H,23,26). The number of nitrogens with zero attached hydrogens (tertiary/aromatic N) is 1. The second-order valence-corrected chi connectivity index (χ2v) is 7.20. The van der Waals surface area contributed by atoms with Gasteiger partial charge in [-0.25, -0.2) is 4.79 Å². The molecule has 0 unspecified atom stereocenters. The van der Waals surface area contributed by atoms with Crippen LogP contribution < -0.4 is 5.32 Å². The van der Waals surface area contributed by atoms with Gasteiger partial charge < -0.3 is 5.32 Å². The topological polar surface area (TPSA) is 49.4 Å². The predicted molar refractivity (Wildman–Crippen MR) is 99.5 cm³/mol. The predicted octanol–water partition coefficient (Wildman–Crippen LogP) is 6.07. The molecule has 0 heterocycles. The van der Waals surface area contributed by atoms with Gasteiger partial charge in [0.25, 0.3) is 0 Å². The third-order valence-electron chi connectivity index (χ3n) is 3.55. The van der Waals surface area contributed by atoms with Crippen molar-refractivity contribution in [3.05, 3.63) is 53.6 Å². The molecule has 0 radical (unpaired) electrons. The Kier molecular flexibility index (Phi) is 6.78. The Balaban J connectivity index is 2.05. The number of urea groups is 1. The molecule has 0 aromatic heterocycles. The van der Waals surface area contributed by atoms with E-state index in [2.05, 4.69) is 5.32 Å². The van der Waals surface area contributed by atoms with Crippen LogP contribution in [0.4, 0.5) is 28.4 Å². The van der Waals surface area contributed by atoms with Gasteiger partial charge in [-0.3, -0.25) is 9.69 Å². The molecular weight excluding hydrogens is 401 g/mol. The number of carbonyl (C=O) groups is 2. The Labute approximate surface area is 163 Å². The van der Waals surface area contributed by atoms with Crippen LogP contribution in [0.1, 0.15) is 11.1 Å². The molecule has 9 heteroatoms. The van der Waals surface area contributed by atoms with Crippen molar-refractivity contribution in [1.82, 2.24) is 4.90 Å². The van der Waals surface area contributed by atoms with E-state index < -0.39 is 24.0 Å². The highest BCUT2D eigenvalue weighted by molar-refractivity contribution is 7.99. The number of imide groups is 1. The van der Waals surface area contributed by atoms with Crippen LogP contribution >= 0.6 is 23.4 Å². The van der Waals surface area contributed by atoms with Gasteiger partial charge in [0, 0.05) is 22.5 Å². The highest BCUT2D eigenvalue weighted by Gasteiger charge is 2.27. The molecule has 27 heavy (non-hydrogen) atoms. The Morgan fingerprint density at radius 2 is 1.78 bits per heavy atom. The number of benzene rings is 2. The maximum atomic E-state index is 12.4. The highest BCUT2D eigenvalue weighted by Crippen LogP contribution is 2.32. The summed E-state index contributed by atoms with van der Waals surface area (Å²) < 4.78 is 37.2. The molecule has 3 amide bonds. The van der Waals surface area contributed by atoms with Crippen molar-refractivity contribution in [3.8, 4) is 0 Å². The minimum Gasteiger partial charge on any atom is -0.307 e. The van der Waals surface area contributed by atoms with Gasteiger partial charge in [0.2, 0.25) is 0 Å². The number of carbonyl (C=O) groups excluding carboxylic acids is 2. The zero-order valence-corrected chi connectivity index (χ0v) is 16.0. The maximum absolute atomic E-state index is 12.4. The zero-order chi connectivity index (χ0) is 20.2. The van der Waals surface area contributed by atoms with Crippen molar-refractivity contribution in [2.24, 2.45) is 0 Å². The molecule has 0 saturated carbocycles. The zero-order valence-electron chi connectivity index (χ0n) is 14.4. The molecule has 4 nitrogen and oxygen atoms in total. The monoisotopic (exact) mass is 416 g/mol. The SMILES string of the molecule is Cc1cc(NC(=O)N(C)C(=O)Cl)ccc1Sc1ccc(CC(F)(F)F)cc1. The van der Waals surface area contributed by atoms with Crippen LogP contribution in [-0.2, 0) is 6.42 Å². The Morgan fingerprint density at radius 3 is 2.30 bits per heavy atom. The molecule has 0 aliphatic heterocycles. The molecule has 0 atom stereocenters. The van der Waals surface area contributed by atoms with Gasteiger partial charge >= 0.3 is 17.6 Å². The van der Waals surface area contributed by atoms with Crippen LogP contribution in [-0.4, -0.2) is 29.5 Å². The van der Waals surface area contributed by atoms with E-state index in [0.717, 1.165) is 20.3 Å². The third-order valence-corrected chi connectivity index (χ3v) is 4.99. The number of nitrogens with one attached hydrogen (secondary N) is 1. The maximum Gasteiger partial charge on any atom is 0.393 e. The number of hydrogen-bond acceptors (Lipinski definition) is 3. The summed E-state index contributed by atoms with van der Waals surface area (Å²) >= 11 is 6.64. The van der Waals surface area contributed by atoms with Gasteiger partial charge in [-0.1, -0.05) is 23.9 Å². The number of alkyl halides is 3. The van der Waals surface area contributed by atoms with Crippen LogP contribution in [0.5, 0.6) is 0 Å². The van der Waals surface area contributed by atoms with Crippen LogP contribution in [0, 0.1) is 6.92 Å². The van der Waals surface area contributed by atoms with Gasteiger partial charge in [-0.2, -0.15) is 13.2 Å². The Morgan fingerprint density at radius 1 is 1.15 bits per heavy atom. The van der Waals surface area contributed by atoms with E-state index >= 15 is 0 Å². The first-order valence-electron chi connectivity index (χ1n) is 7.73. The molecular formula is C18H16ClF3N2O2S. The number of halogens is 4. The minimum absolute atomic E-state index is 0.208. The largest absolute Gasteiger partial charge is 0.393 e. The fourth-order valence-electron chi connectivity index (χ4n) is 2.16. The van der Waals surface area contributed by atoms with Gasteiger partial charge in [-0.15, -0.1) is 0 Å². The van der Waals surface area contributed by atoms with Crippen molar-refractivity contribution in [2.45, 2.75) is 29.3 Å². The van der Waals surface area contributed by atoms with E-state index in [4.69, 9.17) is 11.6 Å². The third kappa shape index (κ3) is 6.48. The summed E-state index contributed by atoms with van der Waals surface area (Å²) in [4.78, 5) is 25.2. The van der Waals surface area contributed by atoms with Gasteiger partial charge in [-0.05, 0) is 60.0 Å². The number of amides is 3. The lowest BCUT2D eigenvalue weighted by molar-refractivity contribution is -0.127. The molecule has 2 aromatic rings. The molecule has 0 bridgehead atoms. The summed E-state index contributed by atoms with van der Waals surface area (Å²) in [7, 11) is 1.25. The van der Waals surface area contributed by atoms with Crippen molar-refractivity contribution in [2.75, 3.05) is 12.4 Å². The molecule has 0 saturated heterocycles. The molecule has 0 aliphatic carbocycles. The van der Waals surface area contributed by atoms with Crippen molar-refractivity contribution in [1.29, 1.82) is 0 Å². The first kappa shape index (κ1) is 21.1. The van der Waals surface area contributed by atoms with E-state index in [9.17, 15) is 22.8 Å². The first-order valence-corrected chi connectivity index (χ1v) is 8.93. The van der Waals surface area contributed by atoms with E-state index in [1.165, 1.54) is 30.9 Å². The van der Waals surface area contributed by atoms with Crippen LogP contribution in [0.15, 0.2) is 52.3 Å². The number of anilines is 1. The van der Waals surface area contributed by atoms with E-state index in [1.54, 1.807) is 30.3 Å². The lowest BCUT2D eigenvalue weighted by Gasteiger charge is -2.14. The normalized spacial score (nSPS) is 11.2. The lowest BCUT2D eigenvalue weighted by atomic mass is 10.1. The highest BCUT2D eigenvalue weighted by atomic mass is 35.5. The molecule has 0 fully saturated rings. The Bertz CT molecular complexity index is 841. The summed E-state index contributed by atoms with van der Waals surface area (Å²) in [5.41, 5.74) is 1.56. The summed E-state index contributed by atoms with van der Waals surface area (Å²) in [5, 5.41) is 1.65. The second-order valence-electron chi connectivity index (χ2n) is 5.76. The molecule has 144 valence electrons. The summed E-state index contributed by atoms with van der Waals surface area (Å²) in [6.45, 7) is 1.84. The van der Waals surface area contributed by atoms with Crippen LogP contribution in [0.3, 0.4) is 0 Å². The van der Waals surface area contributed by atoms with Gasteiger partial charge in [0.15, 0.2) is 0 Å². The van der Waals surface area contributed by atoms with Crippen LogP contribution in [0.2, 0.25) is 0 Å². The van der Waals surface area contributed by atoms with Crippen LogP contribution in [0.25, 0.3) is 0 Å². The summed E-state index contributed by atoms with van der Waals surface area (Å²) in [6, 6.07) is 10.7. The fourth-order valence-corrected chi connectivity index (χ4v) is 3.12. The number of rotatable bonds is 4. The van der Waals surface area contributed by atoms with Crippen molar-refractivity contribution in [3.63, 3.8) is 0 Å². The van der Waals surface area contributed by atoms with Crippen molar-refractivity contribution >= 4 is 40.4 Å².